The van der Waals surface area contributed by atoms with E-state index in [0.29, 0.717) is 5.56 Å². The lowest BCUT2D eigenvalue weighted by Gasteiger charge is -2.13. The van der Waals surface area contributed by atoms with Crippen molar-refractivity contribution in [1.29, 1.82) is 0 Å². The van der Waals surface area contributed by atoms with Gasteiger partial charge in [0.2, 0.25) is 10.0 Å². The molecule has 5 nitrogen and oxygen atoms in total. The number of hydrogen-bond donors (Lipinski definition) is 1. The lowest BCUT2D eigenvalue weighted by Crippen LogP contribution is -2.24. The first-order valence-corrected chi connectivity index (χ1v) is 8.36. The van der Waals surface area contributed by atoms with Crippen molar-refractivity contribution in [2.24, 2.45) is 0 Å². The van der Waals surface area contributed by atoms with Crippen molar-refractivity contribution in [3.63, 3.8) is 0 Å². The zero-order valence-corrected chi connectivity index (χ0v) is 14.1. The molecule has 2 rings (SSSR count). The van der Waals surface area contributed by atoms with E-state index in [-0.39, 0.29) is 11.3 Å². The Kier molecular flexibility index (Phi) is 5.00. The van der Waals surface area contributed by atoms with E-state index >= 15 is 0 Å². The Morgan fingerprint density at radius 2 is 1.71 bits per heavy atom. The van der Waals surface area contributed by atoms with Gasteiger partial charge in [0.15, 0.2) is 0 Å². The number of nitrogens with one attached hydrogen (secondary N) is 1. The number of halogens is 2. The summed E-state index contributed by atoms with van der Waals surface area (Å²) >= 11 is 0. The van der Waals surface area contributed by atoms with Crippen LogP contribution in [-0.4, -0.2) is 32.7 Å². The number of sulfonamides is 1. The van der Waals surface area contributed by atoms with Gasteiger partial charge >= 0.3 is 0 Å². The number of nitrogens with zero attached hydrogens (tertiary/aromatic N) is 1. The first-order valence-electron chi connectivity index (χ1n) is 6.92. The number of anilines is 1. The number of hydrogen-bond acceptors (Lipinski definition) is 3. The largest absolute Gasteiger partial charge is 0.319 e. The van der Waals surface area contributed by atoms with Crippen LogP contribution in [0.1, 0.15) is 15.9 Å². The summed E-state index contributed by atoms with van der Waals surface area (Å²) in [6, 6.07) is 7.20. The molecule has 24 heavy (non-hydrogen) atoms. The second-order valence-electron chi connectivity index (χ2n) is 5.37. The standard InChI is InChI=1S/C16H16F2N2O3S/c1-10-4-7-14(13(18)8-10)19-16(21)11-5-6-12(17)15(9-11)24(22,23)20(2)3/h4-9H,1-3H3,(H,19,21). The van der Waals surface area contributed by atoms with Gasteiger partial charge in [0.25, 0.3) is 5.91 Å². The summed E-state index contributed by atoms with van der Waals surface area (Å²) < 4.78 is 52.6. The molecule has 0 aliphatic rings. The SMILES string of the molecule is Cc1ccc(NC(=O)c2ccc(F)c(S(=O)(=O)N(C)C)c2)c(F)c1. The number of benzene rings is 2. The van der Waals surface area contributed by atoms with Crippen LogP contribution in [0.5, 0.6) is 0 Å². The van der Waals surface area contributed by atoms with E-state index in [1.165, 1.54) is 26.2 Å². The fourth-order valence-corrected chi connectivity index (χ4v) is 2.94. The molecule has 1 N–H and O–H groups in total. The molecule has 0 fully saturated rings. The monoisotopic (exact) mass is 354 g/mol. The molecule has 0 aromatic heterocycles. The lowest BCUT2D eigenvalue weighted by molar-refractivity contribution is 0.102. The zero-order valence-electron chi connectivity index (χ0n) is 13.3. The molecule has 0 bridgehead atoms. The van der Waals surface area contributed by atoms with Crippen LogP contribution < -0.4 is 5.32 Å². The van der Waals surface area contributed by atoms with Crippen molar-refractivity contribution in [2.45, 2.75) is 11.8 Å². The molecule has 0 saturated carbocycles. The van der Waals surface area contributed by atoms with Gasteiger partial charge in [-0.2, -0.15) is 0 Å². The van der Waals surface area contributed by atoms with Crippen LogP contribution in [0, 0.1) is 18.6 Å². The van der Waals surface area contributed by atoms with Crippen molar-refractivity contribution in [3.8, 4) is 0 Å². The molecule has 0 heterocycles. The molecule has 0 saturated heterocycles. The first-order chi connectivity index (χ1) is 11.1. The smallest absolute Gasteiger partial charge is 0.255 e. The maximum atomic E-state index is 13.8. The van der Waals surface area contributed by atoms with E-state index in [1.807, 2.05) is 0 Å². The van der Waals surface area contributed by atoms with E-state index < -0.39 is 32.5 Å². The van der Waals surface area contributed by atoms with Crippen LogP contribution in [0.25, 0.3) is 0 Å². The number of aryl methyl sites for hydroxylation is 1. The topological polar surface area (TPSA) is 66.5 Å². The number of rotatable bonds is 4. The van der Waals surface area contributed by atoms with Crippen LogP contribution in [0.3, 0.4) is 0 Å². The molecule has 0 radical (unpaired) electrons. The molecule has 0 aliphatic carbocycles. The van der Waals surface area contributed by atoms with Crippen LogP contribution in [0.4, 0.5) is 14.5 Å². The van der Waals surface area contributed by atoms with Gasteiger partial charge in [-0.25, -0.2) is 21.5 Å². The van der Waals surface area contributed by atoms with E-state index in [9.17, 15) is 22.0 Å². The molecule has 0 unspecified atom stereocenters. The average molecular weight is 354 g/mol. The first kappa shape index (κ1) is 18.0. The maximum Gasteiger partial charge on any atom is 0.255 e. The van der Waals surface area contributed by atoms with Crippen LogP contribution in [-0.2, 0) is 10.0 Å². The third-order valence-electron chi connectivity index (χ3n) is 3.32. The molecule has 0 spiro atoms. The van der Waals surface area contributed by atoms with E-state index in [1.54, 1.807) is 13.0 Å². The van der Waals surface area contributed by atoms with Crippen molar-refractivity contribution < 1.29 is 22.0 Å². The summed E-state index contributed by atoms with van der Waals surface area (Å²) in [4.78, 5) is 11.6. The maximum absolute atomic E-state index is 13.8. The third kappa shape index (κ3) is 3.60. The van der Waals surface area contributed by atoms with E-state index in [0.717, 1.165) is 22.5 Å². The number of carbonyl (C=O) groups excluding carboxylic acids is 1. The van der Waals surface area contributed by atoms with Gasteiger partial charge in [0, 0.05) is 19.7 Å². The van der Waals surface area contributed by atoms with Gasteiger partial charge in [-0.1, -0.05) is 6.07 Å². The Bertz CT molecular complexity index is 896. The average Bonchev–Trinajstić information content (AvgIpc) is 2.50. The lowest BCUT2D eigenvalue weighted by atomic mass is 10.2. The fraction of sp³-hybridized carbons (Fsp3) is 0.188. The Labute approximate surface area is 139 Å². The Morgan fingerprint density at radius 3 is 2.29 bits per heavy atom. The molecular weight excluding hydrogens is 338 g/mol. The van der Waals surface area contributed by atoms with Crippen LogP contribution in [0.15, 0.2) is 41.3 Å². The summed E-state index contributed by atoms with van der Waals surface area (Å²) in [5.74, 6) is -2.33. The zero-order chi connectivity index (χ0) is 18.1. The summed E-state index contributed by atoms with van der Waals surface area (Å²) in [6.45, 7) is 1.70. The second kappa shape index (κ2) is 6.66. The highest BCUT2D eigenvalue weighted by Crippen LogP contribution is 2.21. The molecule has 128 valence electrons. The minimum atomic E-state index is -4.05. The Balaban J connectivity index is 2.37. The fourth-order valence-electron chi connectivity index (χ4n) is 1.95. The Morgan fingerprint density at radius 1 is 1.04 bits per heavy atom. The highest BCUT2D eigenvalue weighted by Gasteiger charge is 2.23. The van der Waals surface area contributed by atoms with E-state index in [2.05, 4.69) is 5.32 Å². The van der Waals surface area contributed by atoms with Gasteiger partial charge in [-0.05, 0) is 42.8 Å². The van der Waals surface area contributed by atoms with Crippen molar-refractivity contribution in [1.82, 2.24) is 4.31 Å². The third-order valence-corrected chi connectivity index (χ3v) is 5.15. The summed E-state index contributed by atoms with van der Waals surface area (Å²) in [7, 11) is -1.54. The van der Waals surface area contributed by atoms with Gasteiger partial charge in [0.05, 0.1) is 5.69 Å². The second-order valence-corrected chi connectivity index (χ2v) is 7.49. The van der Waals surface area contributed by atoms with Gasteiger partial charge in [-0.3, -0.25) is 4.79 Å². The minimum absolute atomic E-state index is 0.0491. The predicted molar refractivity (Wildman–Crippen MR) is 86.4 cm³/mol. The molecule has 0 atom stereocenters. The van der Waals surface area contributed by atoms with Crippen LogP contribution >= 0.6 is 0 Å². The van der Waals surface area contributed by atoms with Gasteiger partial charge in [-0.15, -0.1) is 0 Å². The van der Waals surface area contributed by atoms with Crippen molar-refractivity contribution in [3.05, 3.63) is 59.2 Å². The molecule has 2 aromatic rings. The van der Waals surface area contributed by atoms with Crippen molar-refractivity contribution >= 4 is 21.6 Å². The normalized spacial score (nSPS) is 11.6. The summed E-state index contributed by atoms with van der Waals surface area (Å²) in [5, 5.41) is 2.34. The molecule has 8 heteroatoms. The Hall–Kier alpha value is -2.32. The molecule has 2 aromatic carbocycles. The van der Waals surface area contributed by atoms with Crippen LogP contribution in [0.2, 0.25) is 0 Å². The summed E-state index contributed by atoms with van der Waals surface area (Å²) in [5.41, 5.74) is 0.537. The van der Waals surface area contributed by atoms with Gasteiger partial charge < -0.3 is 5.32 Å². The van der Waals surface area contributed by atoms with E-state index in [4.69, 9.17) is 0 Å². The summed E-state index contributed by atoms with van der Waals surface area (Å²) in [6.07, 6.45) is 0. The molecule has 0 aliphatic heterocycles. The predicted octanol–water partition coefficient (Wildman–Crippen LogP) is 2.78. The van der Waals surface area contributed by atoms with Crippen molar-refractivity contribution in [2.75, 3.05) is 19.4 Å². The quantitative estimate of drug-likeness (QED) is 0.918. The highest BCUT2D eigenvalue weighted by atomic mass is 32.2. The molecule has 1 amide bonds. The highest BCUT2D eigenvalue weighted by molar-refractivity contribution is 7.89. The number of amides is 1. The molecular formula is C16H16F2N2O3S. The number of carbonyl (C=O) groups is 1. The van der Waals surface area contributed by atoms with Gasteiger partial charge in [0.1, 0.15) is 16.5 Å². The minimum Gasteiger partial charge on any atom is -0.319 e.